The molecule has 0 fully saturated rings. The van der Waals surface area contributed by atoms with Gasteiger partial charge in [0.15, 0.2) is 0 Å². The smallest absolute Gasteiger partial charge is 0.449 e. The van der Waals surface area contributed by atoms with E-state index in [0.29, 0.717) is 0 Å². The maximum Gasteiger partial charge on any atom is 0.511 e. The van der Waals surface area contributed by atoms with Crippen molar-refractivity contribution in [3.05, 3.63) is 33.9 Å². The highest BCUT2D eigenvalue weighted by Gasteiger charge is 2.17. The Morgan fingerprint density at radius 1 is 1.22 bits per heavy atom. The molecule has 0 atom stereocenters. The average Bonchev–Trinajstić information content (AvgIpc) is 2.52. The summed E-state index contributed by atoms with van der Waals surface area (Å²) >= 11 is 0. The number of benzene rings is 1. The number of rotatable bonds is 7. The molecule has 3 N–H and O–H groups in total. The molecule has 0 saturated heterocycles. The van der Waals surface area contributed by atoms with E-state index in [0.717, 1.165) is 6.07 Å². The number of nitrogens with zero attached hydrogens (tertiary/aromatic N) is 1. The van der Waals surface area contributed by atoms with Gasteiger partial charge in [-0.1, -0.05) is 0 Å². The third kappa shape index (κ3) is 8.52. The molecule has 1 rings (SSSR count). The molecule has 0 bridgehead atoms. The number of nitro benzene ring substituents is 1. The van der Waals surface area contributed by atoms with E-state index in [-0.39, 0.29) is 36.5 Å². The molecule has 1 aromatic rings. The molecule has 0 unspecified atom stereocenters. The summed E-state index contributed by atoms with van der Waals surface area (Å²) in [4.78, 5) is 44.1. The van der Waals surface area contributed by atoms with Gasteiger partial charge in [-0.15, -0.1) is 0 Å². The highest BCUT2D eigenvalue weighted by atomic mass is 16.7. The Balaban J connectivity index is 2.58. The Morgan fingerprint density at radius 2 is 1.89 bits per heavy atom. The summed E-state index contributed by atoms with van der Waals surface area (Å²) < 4.78 is 9.55. The third-order valence-corrected chi connectivity index (χ3v) is 2.96. The van der Waals surface area contributed by atoms with Crippen LogP contribution in [0.1, 0.15) is 26.3 Å². The number of non-ortho nitro benzene ring substituents is 1. The van der Waals surface area contributed by atoms with E-state index in [9.17, 15) is 24.5 Å². The molecule has 1 aromatic carbocycles. The minimum atomic E-state index is -1.56. The second-order valence-electron chi connectivity index (χ2n) is 6.37. The van der Waals surface area contributed by atoms with Crippen LogP contribution in [0, 0.1) is 10.1 Å². The Hall–Kier alpha value is -3.37. The van der Waals surface area contributed by atoms with Crippen LogP contribution in [0.5, 0.6) is 5.75 Å². The fraction of sp³-hybridized carbons (Fsp3) is 0.438. The summed E-state index contributed by atoms with van der Waals surface area (Å²) in [6, 6.07) is 3.46. The first-order valence-corrected chi connectivity index (χ1v) is 7.89. The van der Waals surface area contributed by atoms with E-state index in [1.54, 1.807) is 20.8 Å². The van der Waals surface area contributed by atoms with Crippen molar-refractivity contribution in [3.8, 4) is 5.75 Å². The zero-order valence-electron chi connectivity index (χ0n) is 15.1. The largest absolute Gasteiger partial charge is 0.511 e. The van der Waals surface area contributed by atoms with Gasteiger partial charge in [-0.2, -0.15) is 0 Å². The molecule has 0 aliphatic heterocycles. The number of alkyl carbamates (subject to hydrolysis) is 1. The topological polar surface area (TPSA) is 157 Å². The van der Waals surface area contributed by atoms with E-state index in [4.69, 9.17) is 9.84 Å². The number of hydrogen-bond donors (Lipinski definition) is 3. The van der Waals surface area contributed by atoms with E-state index < -0.39 is 28.7 Å². The fourth-order valence-electron chi connectivity index (χ4n) is 1.93. The van der Waals surface area contributed by atoms with Gasteiger partial charge in [0.25, 0.3) is 5.69 Å². The molecule has 0 aliphatic rings. The van der Waals surface area contributed by atoms with Crippen LogP contribution in [0.15, 0.2) is 18.2 Å². The first kappa shape index (κ1) is 21.7. The number of nitro groups is 1. The normalized spacial score (nSPS) is 10.6. The van der Waals surface area contributed by atoms with Crippen molar-refractivity contribution in [2.24, 2.45) is 0 Å². The molecule has 0 spiro atoms. The van der Waals surface area contributed by atoms with Gasteiger partial charge in [0, 0.05) is 24.2 Å². The molecular weight excluding hydrogens is 362 g/mol. The van der Waals surface area contributed by atoms with Crippen molar-refractivity contribution < 1.29 is 33.9 Å². The molecule has 0 heterocycles. The Kier molecular flexibility index (Phi) is 7.51. The quantitative estimate of drug-likeness (QED) is 0.278. The lowest BCUT2D eigenvalue weighted by atomic mass is 10.1. The highest BCUT2D eigenvalue weighted by molar-refractivity contribution is 5.82. The third-order valence-electron chi connectivity index (χ3n) is 2.96. The number of carbonyl (C=O) groups is 3. The van der Waals surface area contributed by atoms with Crippen LogP contribution in [-0.2, 0) is 16.0 Å². The molecule has 11 heteroatoms. The summed E-state index contributed by atoms with van der Waals surface area (Å²) in [7, 11) is 0. The molecule has 0 radical (unpaired) electrons. The molecular formula is C16H21N3O8. The van der Waals surface area contributed by atoms with Crippen LogP contribution in [0.3, 0.4) is 0 Å². The van der Waals surface area contributed by atoms with Gasteiger partial charge in [0.05, 0.1) is 11.5 Å². The lowest BCUT2D eigenvalue weighted by Crippen LogP contribution is -2.40. The van der Waals surface area contributed by atoms with Crippen molar-refractivity contribution in [2.75, 3.05) is 13.1 Å². The van der Waals surface area contributed by atoms with Crippen LogP contribution in [-0.4, -0.2) is 46.9 Å². The van der Waals surface area contributed by atoms with Gasteiger partial charge < -0.3 is 25.2 Å². The predicted molar refractivity (Wildman–Crippen MR) is 92.7 cm³/mol. The number of hydrogen-bond acceptors (Lipinski definition) is 7. The first-order chi connectivity index (χ1) is 12.5. The summed E-state index contributed by atoms with van der Waals surface area (Å²) in [6.07, 6.45) is -2.22. The molecule has 0 saturated carbocycles. The van der Waals surface area contributed by atoms with Crippen molar-refractivity contribution in [3.63, 3.8) is 0 Å². The SMILES string of the molecule is CC(C)(C)OC(=O)NCC(=O)NCCc1cc([N+](=O)[O-])ccc1OC(=O)O. The second kappa shape index (κ2) is 9.36. The van der Waals surface area contributed by atoms with Gasteiger partial charge in [-0.25, -0.2) is 9.59 Å². The number of nitrogens with one attached hydrogen (secondary N) is 2. The Morgan fingerprint density at radius 3 is 2.44 bits per heavy atom. The summed E-state index contributed by atoms with van der Waals surface area (Å²) in [5.41, 5.74) is -0.684. The lowest BCUT2D eigenvalue weighted by molar-refractivity contribution is -0.384. The zero-order chi connectivity index (χ0) is 20.6. The summed E-state index contributed by atoms with van der Waals surface area (Å²) in [6.45, 7) is 4.78. The number of ether oxygens (including phenoxy) is 2. The van der Waals surface area contributed by atoms with Crippen molar-refractivity contribution in [1.82, 2.24) is 10.6 Å². The lowest BCUT2D eigenvalue weighted by Gasteiger charge is -2.19. The fourth-order valence-corrected chi connectivity index (χ4v) is 1.93. The number of carboxylic acid groups (broad SMARTS) is 1. The van der Waals surface area contributed by atoms with E-state index in [1.165, 1.54) is 12.1 Å². The Labute approximate surface area is 154 Å². The summed E-state index contributed by atoms with van der Waals surface area (Å²) in [5, 5.41) is 24.3. The molecule has 11 nitrogen and oxygen atoms in total. The molecule has 0 aliphatic carbocycles. The van der Waals surface area contributed by atoms with E-state index in [1.807, 2.05) is 0 Å². The number of amides is 2. The van der Waals surface area contributed by atoms with Crippen LogP contribution in [0.2, 0.25) is 0 Å². The standard InChI is InChI=1S/C16H21N3O8/c1-16(2,3)27-14(21)18-9-13(20)17-7-6-10-8-11(19(24)25)4-5-12(10)26-15(22)23/h4-5,8H,6-7,9H2,1-3H3,(H,17,20)(H,18,21)(H,22,23). The van der Waals surface area contributed by atoms with Gasteiger partial charge in [0.1, 0.15) is 11.4 Å². The van der Waals surface area contributed by atoms with Crippen molar-refractivity contribution in [1.29, 1.82) is 0 Å². The Bertz CT molecular complexity index is 727. The maximum absolute atomic E-state index is 11.7. The molecule has 2 amide bonds. The molecule has 148 valence electrons. The number of carbonyl (C=O) groups excluding carboxylic acids is 2. The van der Waals surface area contributed by atoms with Gasteiger partial charge >= 0.3 is 12.2 Å². The van der Waals surface area contributed by atoms with Gasteiger partial charge in [0.2, 0.25) is 5.91 Å². The minimum absolute atomic E-state index is 0.0476. The monoisotopic (exact) mass is 383 g/mol. The van der Waals surface area contributed by atoms with Crippen LogP contribution >= 0.6 is 0 Å². The zero-order valence-corrected chi connectivity index (χ0v) is 15.1. The minimum Gasteiger partial charge on any atom is -0.449 e. The van der Waals surface area contributed by atoms with Gasteiger partial charge in [-0.05, 0) is 33.3 Å². The highest BCUT2D eigenvalue weighted by Crippen LogP contribution is 2.24. The maximum atomic E-state index is 11.7. The molecule has 0 aromatic heterocycles. The van der Waals surface area contributed by atoms with Crippen LogP contribution in [0.25, 0.3) is 0 Å². The summed E-state index contributed by atoms with van der Waals surface area (Å²) in [5.74, 6) is -0.568. The average molecular weight is 383 g/mol. The van der Waals surface area contributed by atoms with Crippen molar-refractivity contribution >= 4 is 23.8 Å². The predicted octanol–water partition coefficient (Wildman–Crippen LogP) is 1.83. The van der Waals surface area contributed by atoms with Crippen LogP contribution in [0.4, 0.5) is 15.3 Å². The van der Waals surface area contributed by atoms with Crippen molar-refractivity contribution in [2.45, 2.75) is 32.8 Å². The van der Waals surface area contributed by atoms with Crippen LogP contribution < -0.4 is 15.4 Å². The molecule has 27 heavy (non-hydrogen) atoms. The van der Waals surface area contributed by atoms with E-state index >= 15 is 0 Å². The second-order valence-corrected chi connectivity index (χ2v) is 6.37. The van der Waals surface area contributed by atoms with Gasteiger partial charge in [-0.3, -0.25) is 14.9 Å². The van der Waals surface area contributed by atoms with E-state index in [2.05, 4.69) is 15.4 Å². The first-order valence-electron chi connectivity index (χ1n) is 7.89.